The molecule has 2 aromatic carbocycles. The summed E-state index contributed by atoms with van der Waals surface area (Å²) in [5, 5.41) is 2.77. The highest BCUT2D eigenvalue weighted by atomic mass is 19.1. The number of carbonyl (C=O) groups excluding carboxylic acids is 2. The van der Waals surface area contributed by atoms with Crippen LogP contribution in [0.3, 0.4) is 0 Å². The van der Waals surface area contributed by atoms with Crippen molar-refractivity contribution in [2.24, 2.45) is 0 Å². The lowest BCUT2D eigenvalue weighted by Gasteiger charge is -2.35. The molecule has 0 radical (unpaired) electrons. The van der Waals surface area contributed by atoms with Crippen molar-refractivity contribution in [3.8, 4) is 0 Å². The number of amides is 2. The van der Waals surface area contributed by atoms with Gasteiger partial charge >= 0.3 is 0 Å². The summed E-state index contributed by atoms with van der Waals surface area (Å²) in [7, 11) is 1.95. The van der Waals surface area contributed by atoms with Gasteiger partial charge in [0.1, 0.15) is 5.82 Å². The summed E-state index contributed by atoms with van der Waals surface area (Å²) in [4.78, 5) is 30.7. The number of likely N-dealkylation sites (N-methyl/N-ethyl adjacent to an activating group) is 1. The third-order valence-electron chi connectivity index (χ3n) is 5.20. The van der Waals surface area contributed by atoms with Gasteiger partial charge in [-0.1, -0.05) is 29.8 Å². The van der Waals surface area contributed by atoms with Crippen LogP contribution in [0.4, 0.5) is 10.1 Å². The molecule has 2 amide bonds. The van der Waals surface area contributed by atoms with E-state index in [1.54, 1.807) is 0 Å². The number of nitrogens with zero attached hydrogens (tertiary/aromatic N) is 3. The Kier molecular flexibility index (Phi) is 7.54. The van der Waals surface area contributed by atoms with Gasteiger partial charge in [0.15, 0.2) is 0 Å². The second-order valence-corrected chi connectivity index (χ2v) is 7.87. The maximum Gasteiger partial charge on any atom is 0.238 e. The fraction of sp³-hybridized carbons (Fsp3) is 0.391. The fourth-order valence-corrected chi connectivity index (χ4v) is 3.48. The van der Waals surface area contributed by atoms with E-state index in [0.717, 1.165) is 6.54 Å². The summed E-state index contributed by atoms with van der Waals surface area (Å²) < 4.78 is 12.9. The van der Waals surface area contributed by atoms with Gasteiger partial charge in [0.25, 0.3) is 0 Å². The van der Waals surface area contributed by atoms with Crippen LogP contribution in [0.2, 0.25) is 0 Å². The minimum absolute atomic E-state index is 0.111. The molecule has 160 valence electrons. The lowest BCUT2D eigenvalue weighted by molar-refractivity contribution is -0.134. The average molecular weight is 413 g/mol. The number of hydrogen-bond acceptors (Lipinski definition) is 4. The van der Waals surface area contributed by atoms with Gasteiger partial charge in [0.2, 0.25) is 11.8 Å². The summed E-state index contributed by atoms with van der Waals surface area (Å²) in [6, 6.07) is 14.0. The minimum atomic E-state index is -0.335. The van der Waals surface area contributed by atoms with Crippen LogP contribution < -0.4 is 5.32 Å². The van der Waals surface area contributed by atoms with Crippen LogP contribution in [-0.2, 0) is 16.1 Å². The third kappa shape index (κ3) is 6.64. The highest BCUT2D eigenvalue weighted by molar-refractivity contribution is 5.92. The summed E-state index contributed by atoms with van der Waals surface area (Å²) in [5.74, 6) is -0.363. The number of aryl methyl sites for hydroxylation is 1. The Morgan fingerprint density at radius 1 is 1.00 bits per heavy atom. The predicted molar refractivity (Wildman–Crippen MR) is 116 cm³/mol. The second kappa shape index (κ2) is 10.3. The van der Waals surface area contributed by atoms with E-state index in [2.05, 4.69) is 36.5 Å². The lowest BCUT2D eigenvalue weighted by Crippen LogP contribution is -2.52. The quantitative estimate of drug-likeness (QED) is 0.759. The minimum Gasteiger partial charge on any atom is -0.339 e. The van der Waals surface area contributed by atoms with Crippen LogP contribution in [0, 0.1) is 12.7 Å². The number of halogens is 1. The van der Waals surface area contributed by atoms with Crippen LogP contribution in [0.1, 0.15) is 11.1 Å². The van der Waals surface area contributed by atoms with Crippen molar-refractivity contribution in [1.29, 1.82) is 0 Å². The number of carbonyl (C=O) groups is 2. The Morgan fingerprint density at radius 2 is 1.63 bits per heavy atom. The topological polar surface area (TPSA) is 55.9 Å². The van der Waals surface area contributed by atoms with Crippen molar-refractivity contribution in [3.63, 3.8) is 0 Å². The van der Waals surface area contributed by atoms with Crippen molar-refractivity contribution in [3.05, 3.63) is 65.5 Å². The molecule has 3 rings (SSSR count). The van der Waals surface area contributed by atoms with E-state index in [0.29, 0.717) is 38.4 Å². The zero-order chi connectivity index (χ0) is 21.5. The monoisotopic (exact) mass is 412 g/mol. The molecule has 1 aliphatic heterocycles. The van der Waals surface area contributed by atoms with Gasteiger partial charge in [0.05, 0.1) is 13.1 Å². The van der Waals surface area contributed by atoms with Gasteiger partial charge in [-0.2, -0.15) is 0 Å². The zero-order valence-electron chi connectivity index (χ0n) is 17.6. The molecule has 0 bridgehead atoms. The molecule has 0 aliphatic carbocycles. The summed E-state index contributed by atoms with van der Waals surface area (Å²) in [6.07, 6.45) is 0. The normalized spacial score (nSPS) is 14.7. The Bertz CT molecular complexity index is 847. The smallest absolute Gasteiger partial charge is 0.238 e. The van der Waals surface area contributed by atoms with Crippen molar-refractivity contribution >= 4 is 17.5 Å². The van der Waals surface area contributed by atoms with Gasteiger partial charge in [-0.05, 0) is 43.8 Å². The standard InChI is InChI=1S/C23H29FN4O2/c1-18-3-5-19(6-4-18)15-26(2)17-23(30)28-13-11-27(12-14-28)16-22(29)25-21-9-7-20(24)8-10-21/h3-10H,11-17H2,1-2H3,(H,25,29). The SMILES string of the molecule is Cc1ccc(CN(C)CC(=O)N2CCN(CC(=O)Nc3ccc(F)cc3)CC2)cc1. The first-order chi connectivity index (χ1) is 14.4. The zero-order valence-corrected chi connectivity index (χ0v) is 17.6. The van der Waals surface area contributed by atoms with Crippen molar-refractivity contribution in [1.82, 2.24) is 14.7 Å². The molecule has 1 N–H and O–H groups in total. The highest BCUT2D eigenvalue weighted by Gasteiger charge is 2.23. The molecule has 0 spiro atoms. The molecule has 1 saturated heterocycles. The summed E-state index contributed by atoms with van der Waals surface area (Å²) in [6.45, 7) is 5.96. The molecule has 0 aromatic heterocycles. The molecule has 7 heteroatoms. The number of benzene rings is 2. The Hall–Kier alpha value is -2.77. The molecule has 2 aromatic rings. The van der Waals surface area contributed by atoms with Crippen molar-refractivity contribution in [2.45, 2.75) is 13.5 Å². The van der Waals surface area contributed by atoms with Gasteiger partial charge < -0.3 is 10.2 Å². The average Bonchev–Trinajstić information content (AvgIpc) is 2.72. The second-order valence-electron chi connectivity index (χ2n) is 7.87. The number of hydrogen-bond donors (Lipinski definition) is 1. The first kappa shape index (κ1) is 21.9. The molecular weight excluding hydrogens is 383 g/mol. The van der Waals surface area contributed by atoms with Crippen LogP contribution in [0.25, 0.3) is 0 Å². The van der Waals surface area contributed by atoms with E-state index in [1.807, 2.05) is 21.7 Å². The van der Waals surface area contributed by atoms with Crippen LogP contribution in [0.5, 0.6) is 0 Å². The van der Waals surface area contributed by atoms with Gasteiger partial charge in [-0.25, -0.2) is 4.39 Å². The molecule has 6 nitrogen and oxygen atoms in total. The number of rotatable bonds is 7. The Morgan fingerprint density at radius 3 is 2.27 bits per heavy atom. The first-order valence-corrected chi connectivity index (χ1v) is 10.2. The highest BCUT2D eigenvalue weighted by Crippen LogP contribution is 2.10. The molecule has 0 saturated carbocycles. The molecule has 1 fully saturated rings. The third-order valence-corrected chi connectivity index (χ3v) is 5.20. The maximum atomic E-state index is 12.9. The van der Waals surface area contributed by atoms with Gasteiger partial charge in [-0.3, -0.25) is 19.4 Å². The first-order valence-electron chi connectivity index (χ1n) is 10.2. The van der Waals surface area contributed by atoms with Crippen molar-refractivity contribution < 1.29 is 14.0 Å². The van der Waals surface area contributed by atoms with E-state index in [1.165, 1.54) is 35.4 Å². The number of piperazine rings is 1. The van der Waals surface area contributed by atoms with E-state index < -0.39 is 0 Å². The molecule has 1 aliphatic rings. The van der Waals surface area contributed by atoms with E-state index >= 15 is 0 Å². The Balaban J connectivity index is 1.38. The molecule has 0 atom stereocenters. The molecule has 0 unspecified atom stereocenters. The molecular formula is C23H29FN4O2. The maximum absolute atomic E-state index is 12.9. The van der Waals surface area contributed by atoms with Crippen LogP contribution in [0.15, 0.2) is 48.5 Å². The van der Waals surface area contributed by atoms with E-state index in [9.17, 15) is 14.0 Å². The summed E-state index contributed by atoms with van der Waals surface area (Å²) >= 11 is 0. The Labute approximate surface area is 177 Å². The van der Waals surface area contributed by atoms with E-state index in [-0.39, 0.29) is 24.2 Å². The molecule has 30 heavy (non-hydrogen) atoms. The van der Waals surface area contributed by atoms with Crippen LogP contribution >= 0.6 is 0 Å². The number of anilines is 1. The van der Waals surface area contributed by atoms with Crippen LogP contribution in [-0.4, -0.2) is 72.8 Å². The van der Waals surface area contributed by atoms with Gasteiger partial charge in [0, 0.05) is 38.4 Å². The summed E-state index contributed by atoms with van der Waals surface area (Å²) in [5.41, 5.74) is 2.99. The van der Waals surface area contributed by atoms with Gasteiger partial charge in [-0.15, -0.1) is 0 Å². The lowest BCUT2D eigenvalue weighted by atomic mass is 10.1. The van der Waals surface area contributed by atoms with E-state index in [4.69, 9.17) is 0 Å². The van der Waals surface area contributed by atoms with Crippen molar-refractivity contribution in [2.75, 3.05) is 51.6 Å². The largest absolute Gasteiger partial charge is 0.339 e. The number of nitrogens with one attached hydrogen (secondary N) is 1. The predicted octanol–water partition coefficient (Wildman–Crippen LogP) is 2.35. The fourth-order valence-electron chi connectivity index (χ4n) is 3.48. The molecule has 1 heterocycles.